The molecule has 4 heteroatoms. The highest BCUT2D eigenvalue weighted by atomic mass is 16.5. The summed E-state index contributed by atoms with van der Waals surface area (Å²) in [6, 6.07) is 3.97. The first-order valence-electron chi connectivity index (χ1n) is 6.65. The molecule has 0 radical (unpaired) electrons. The van der Waals surface area contributed by atoms with Gasteiger partial charge in [0.2, 0.25) is 0 Å². The third-order valence-electron chi connectivity index (χ3n) is 2.51. The zero-order valence-corrected chi connectivity index (χ0v) is 11.6. The van der Waals surface area contributed by atoms with Gasteiger partial charge in [-0.1, -0.05) is 13.0 Å². The lowest BCUT2D eigenvalue weighted by Crippen LogP contribution is -2.16. The van der Waals surface area contributed by atoms with Gasteiger partial charge in [-0.25, -0.2) is 4.98 Å². The summed E-state index contributed by atoms with van der Waals surface area (Å²) in [5.74, 6) is 0.919. The lowest BCUT2D eigenvalue weighted by atomic mass is 10.2. The molecular formula is C14H24N2O2. The largest absolute Gasteiger partial charge is 0.379 e. The number of nitrogens with zero attached hydrogens (tertiary/aromatic N) is 1. The standard InChI is InChI=1S/C14H24N2O2/c1-4-8-15-14-13(7-6-9-16-14)11-18-12(3)10-17-5-2/h6-7,9,12H,4-5,8,10-11H2,1-3H3,(H,15,16). The molecule has 0 saturated heterocycles. The lowest BCUT2D eigenvalue weighted by Gasteiger charge is -2.15. The Kier molecular flexibility index (Phi) is 7.37. The van der Waals surface area contributed by atoms with Crippen molar-refractivity contribution < 1.29 is 9.47 Å². The second-order valence-corrected chi connectivity index (χ2v) is 4.22. The summed E-state index contributed by atoms with van der Waals surface area (Å²) in [6.45, 7) is 8.99. The molecule has 0 amide bonds. The van der Waals surface area contributed by atoms with E-state index in [1.807, 2.05) is 26.0 Å². The summed E-state index contributed by atoms with van der Waals surface area (Å²) in [4.78, 5) is 4.33. The third-order valence-corrected chi connectivity index (χ3v) is 2.51. The van der Waals surface area contributed by atoms with Crippen LogP contribution in [0.1, 0.15) is 32.8 Å². The van der Waals surface area contributed by atoms with E-state index >= 15 is 0 Å². The van der Waals surface area contributed by atoms with Gasteiger partial charge in [-0.15, -0.1) is 0 Å². The Morgan fingerprint density at radius 3 is 2.94 bits per heavy atom. The van der Waals surface area contributed by atoms with Crippen molar-refractivity contribution in [2.24, 2.45) is 0 Å². The van der Waals surface area contributed by atoms with Crippen molar-refractivity contribution in [3.63, 3.8) is 0 Å². The molecule has 1 atom stereocenters. The van der Waals surface area contributed by atoms with Crippen LogP contribution in [0.25, 0.3) is 0 Å². The number of pyridine rings is 1. The van der Waals surface area contributed by atoms with Crippen molar-refractivity contribution in [1.82, 2.24) is 4.98 Å². The SMILES string of the molecule is CCCNc1ncccc1COC(C)COCC. The Balaban J connectivity index is 2.45. The summed E-state index contributed by atoms with van der Waals surface area (Å²) in [5.41, 5.74) is 1.09. The highest BCUT2D eigenvalue weighted by Gasteiger charge is 2.06. The summed E-state index contributed by atoms with van der Waals surface area (Å²) in [7, 11) is 0. The predicted octanol–water partition coefficient (Wildman–Crippen LogP) is 2.85. The molecule has 0 aromatic carbocycles. The van der Waals surface area contributed by atoms with Crippen molar-refractivity contribution >= 4 is 5.82 Å². The summed E-state index contributed by atoms with van der Waals surface area (Å²) in [5, 5.41) is 3.31. The molecule has 18 heavy (non-hydrogen) atoms. The Morgan fingerprint density at radius 2 is 2.22 bits per heavy atom. The van der Waals surface area contributed by atoms with E-state index in [-0.39, 0.29) is 6.10 Å². The molecule has 1 aromatic rings. The Labute approximate surface area is 110 Å². The smallest absolute Gasteiger partial charge is 0.131 e. The van der Waals surface area contributed by atoms with Gasteiger partial charge in [0.1, 0.15) is 5.82 Å². The first-order valence-corrected chi connectivity index (χ1v) is 6.65. The van der Waals surface area contributed by atoms with Crippen LogP contribution in [-0.2, 0) is 16.1 Å². The molecule has 1 heterocycles. The molecule has 4 nitrogen and oxygen atoms in total. The molecule has 1 N–H and O–H groups in total. The summed E-state index contributed by atoms with van der Waals surface area (Å²) < 4.78 is 11.1. The van der Waals surface area contributed by atoms with Crippen molar-refractivity contribution in [2.75, 3.05) is 25.1 Å². The molecular weight excluding hydrogens is 228 g/mol. The van der Waals surface area contributed by atoms with Gasteiger partial charge in [0, 0.05) is 24.9 Å². The zero-order valence-electron chi connectivity index (χ0n) is 11.6. The molecule has 0 spiro atoms. The van der Waals surface area contributed by atoms with Crippen LogP contribution in [0.2, 0.25) is 0 Å². The van der Waals surface area contributed by atoms with Crippen molar-refractivity contribution in [3.8, 4) is 0 Å². The van der Waals surface area contributed by atoms with E-state index < -0.39 is 0 Å². The molecule has 1 rings (SSSR count). The second-order valence-electron chi connectivity index (χ2n) is 4.22. The van der Waals surface area contributed by atoms with E-state index in [1.165, 1.54) is 0 Å². The molecule has 1 aromatic heterocycles. The van der Waals surface area contributed by atoms with Crippen LogP contribution < -0.4 is 5.32 Å². The molecule has 1 unspecified atom stereocenters. The van der Waals surface area contributed by atoms with Gasteiger partial charge >= 0.3 is 0 Å². The van der Waals surface area contributed by atoms with Gasteiger partial charge < -0.3 is 14.8 Å². The zero-order chi connectivity index (χ0) is 13.2. The summed E-state index contributed by atoms with van der Waals surface area (Å²) in [6.07, 6.45) is 2.98. The number of ether oxygens (including phenoxy) is 2. The summed E-state index contributed by atoms with van der Waals surface area (Å²) >= 11 is 0. The van der Waals surface area contributed by atoms with E-state index in [9.17, 15) is 0 Å². The number of nitrogens with one attached hydrogen (secondary N) is 1. The fourth-order valence-corrected chi connectivity index (χ4v) is 1.52. The van der Waals surface area contributed by atoms with Crippen molar-refractivity contribution in [2.45, 2.75) is 39.9 Å². The van der Waals surface area contributed by atoms with E-state index in [4.69, 9.17) is 9.47 Å². The maximum Gasteiger partial charge on any atom is 0.131 e. The Morgan fingerprint density at radius 1 is 1.39 bits per heavy atom. The Bertz CT molecular complexity index is 331. The van der Waals surface area contributed by atoms with E-state index in [0.717, 1.165) is 31.0 Å². The molecule has 0 aliphatic heterocycles. The highest BCUT2D eigenvalue weighted by Crippen LogP contribution is 2.13. The minimum atomic E-state index is 0.101. The van der Waals surface area contributed by atoms with Crippen LogP contribution in [-0.4, -0.2) is 30.8 Å². The molecule has 102 valence electrons. The monoisotopic (exact) mass is 252 g/mol. The minimum Gasteiger partial charge on any atom is -0.379 e. The average molecular weight is 252 g/mol. The van der Waals surface area contributed by atoms with Gasteiger partial charge in [-0.05, 0) is 26.3 Å². The lowest BCUT2D eigenvalue weighted by molar-refractivity contribution is -0.0115. The number of rotatable bonds is 9. The van der Waals surface area contributed by atoms with Crippen LogP contribution in [0, 0.1) is 0 Å². The normalized spacial score (nSPS) is 12.4. The van der Waals surface area contributed by atoms with E-state index in [0.29, 0.717) is 13.2 Å². The molecule has 0 aliphatic rings. The molecule has 0 fully saturated rings. The van der Waals surface area contributed by atoms with Crippen LogP contribution in [0.15, 0.2) is 18.3 Å². The highest BCUT2D eigenvalue weighted by molar-refractivity contribution is 5.43. The van der Waals surface area contributed by atoms with Gasteiger partial charge in [0.05, 0.1) is 19.3 Å². The van der Waals surface area contributed by atoms with E-state index in [2.05, 4.69) is 17.2 Å². The van der Waals surface area contributed by atoms with Crippen LogP contribution in [0.4, 0.5) is 5.82 Å². The fraction of sp³-hybridized carbons (Fsp3) is 0.643. The van der Waals surface area contributed by atoms with Gasteiger partial charge in [-0.3, -0.25) is 0 Å². The first kappa shape index (κ1) is 14.9. The van der Waals surface area contributed by atoms with Crippen LogP contribution >= 0.6 is 0 Å². The van der Waals surface area contributed by atoms with Gasteiger partial charge in [0.15, 0.2) is 0 Å². The number of anilines is 1. The third kappa shape index (κ3) is 5.47. The van der Waals surface area contributed by atoms with Gasteiger partial charge in [0.25, 0.3) is 0 Å². The van der Waals surface area contributed by atoms with Crippen molar-refractivity contribution in [3.05, 3.63) is 23.9 Å². The van der Waals surface area contributed by atoms with Crippen LogP contribution in [0.5, 0.6) is 0 Å². The van der Waals surface area contributed by atoms with Crippen LogP contribution in [0.3, 0.4) is 0 Å². The quantitative estimate of drug-likeness (QED) is 0.734. The van der Waals surface area contributed by atoms with Gasteiger partial charge in [-0.2, -0.15) is 0 Å². The maximum absolute atomic E-state index is 5.75. The number of hydrogen-bond donors (Lipinski definition) is 1. The molecule has 0 bridgehead atoms. The topological polar surface area (TPSA) is 43.4 Å². The first-order chi connectivity index (χ1) is 8.77. The minimum absolute atomic E-state index is 0.101. The Hall–Kier alpha value is -1.13. The number of aromatic nitrogens is 1. The predicted molar refractivity (Wildman–Crippen MR) is 73.8 cm³/mol. The van der Waals surface area contributed by atoms with Crippen molar-refractivity contribution in [1.29, 1.82) is 0 Å². The molecule has 0 saturated carbocycles. The average Bonchev–Trinajstić information content (AvgIpc) is 2.41. The fourth-order valence-electron chi connectivity index (χ4n) is 1.52. The van der Waals surface area contributed by atoms with E-state index in [1.54, 1.807) is 6.20 Å². The second kappa shape index (κ2) is 8.89. The molecule has 0 aliphatic carbocycles. The number of hydrogen-bond acceptors (Lipinski definition) is 4. The maximum atomic E-state index is 5.75.